The van der Waals surface area contributed by atoms with Gasteiger partial charge in [0.1, 0.15) is 0 Å². The summed E-state index contributed by atoms with van der Waals surface area (Å²) >= 11 is 1.65. The Morgan fingerprint density at radius 3 is 2.70 bits per heavy atom. The van der Waals surface area contributed by atoms with Gasteiger partial charge in [0.25, 0.3) is 0 Å². The summed E-state index contributed by atoms with van der Waals surface area (Å²) in [7, 11) is 1.38. The molecule has 4 heteroatoms. The maximum Gasteiger partial charge on any atom is 0.338 e. The molecular formula is C16H13NO2S. The first-order chi connectivity index (χ1) is 9.69. The largest absolute Gasteiger partial charge is 0.465 e. The van der Waals surface area contributed by atoms with E-state index in [1.807, 2.05) is 18.2 Å². The molecule has 0 atom stereocenters. The van der Waals surface area contributed by atoms with Gasteiger partial charge in [0.2, 0.25) is 0 Å². The second-order valence-corrected chi connectivity index (χ2v) is 5.53. The first-order valence-corrected chi connectivity index (χ1v) is 6.97. The number of hydrogen-bond acceptors (Lipinski definition) is 4. The zero-order valence-corrected chi connectivity index (χ0v) is 11.7. The number of ether oxygens (including phenoxy) is 1. The minimum atomic E-state index is -0.371. The van der Waals surface area contributed by atoms with Gasteiger partial charge in [0.05, 0.1) is 12.7 Å². The van der Waals surface area contributed by atoms with Gasteiger partial charge in [-0.2, -0.15) is 0 Å². The van der Waals surface area contributed by atoms with Crippen molar-refractivity contribution in [1.82, 2.24) is 0 Å². The van der Waals surface area contributed by atoms with Gasteiger partial charge in [-0.1, -0.05) is 24.3 Å². The number of esters is 1. The number of nitrogen functional groups attached to an aromatic ring is 1. The van der Waals surface area contributed by atoms with Crippen molar-refractivity contribution in [3.63, 3.8) is 0 Å². The summed E-state index contributed by atoms with van der Waals surface area (Å²) in [5.41, 5.74) is 7.67. The van der Waals surface area contributed by atoms with Gasteiger partial charge >= 0.3 is 5.97 Å². The highest BCUT2D eigenvalue weighted by Crippen LogP contribution is 2.36. The molecule has 1 heterocycles. The molecule has 0 saturated carbocycles. The first kappa shape index (κ1) is 12.7. The highest BCUT2D eigenvalue weighted by molar-refractivity contribution is 7.22. The van der Waals surface area contributed by atoms with E-state index in [-0.39, 0.29) is 5.97 Å². The second kappa shape index (κ2) is 4.98. The maximum absolute atomic E-state index is 11.9. The molecule has 2 aromatic carbocycles. The molecular weight excluding hydrogens is 270 g/mol. The van der Waals surface area contributed by atoms with Gasteiger partial charge in [0, 0.05) is 20.8 Å². The van der Waals surface area contributed by atoms with Crippen molar-refractivity contribution in [1.29, 1.82) is 0 Å². The summed E-state index contributed by atoms with van der Waals surface area (Å²) in [6.07, 6.45) is 0. The summed E-state index contributed by atoms with van der Waals surface area (Å²) in [6, 6.07) is 15.5. The Bertz CT molecular complexity index is 759. The first-order valence-electron chi connectivity index (χ1n) is 6.16. The number of carbonyl (C=O) groups is 1. The van der Waals surface area contributed by atoms with Gasteiger partial charge < -0.3 is 10.5 Å². The Labute approximate surface area is 120 Å². The van der Waals surface area contributed by atoms with Crippen LogP contribution in [0.4, 0.5) is 5.69 Å². The number of hydrogen-bond donors (Lipinski definition) is 1. The van der Waals surface area contributed by atoms with E-state index in [0.29, 0.717) is 11.3 Å². The Morgan fingerprint density at radius 2 is 1.95 bits per heavy atom. The number of benzene rings is 2. The molecule has 0 aliphatic rings. The number of methoxy groups -OCH3 is 1. The molecule has 3 aromatic rings. The number of anilines is 1. The van der Waals surface area contributed by atoms with E-state index in [4.69, 9.17) is 10.5 Å². The fourth-order valence-electron chi connectivity index (χ4n) is 2.17. The maximum atomic E-state index is 11.9. The minimum Gasteiger partial charge on any atom is -0.465 e. The molecule has 0 unspecified atom stereocenters. The second-order valence-electron chi connectivity index (χ2n) is 4.45. The number of nitrogens with two attached hydrogens (primary N) is 1. The van der Waals surface area contributed by atoms with Crippen molar-refractivity contribution in [3.8, 4) is 10.4 Å². The topological polar surface area (TPSA) is 52.3 Å². The summed E-state index contributed by atoms with van der Waals surface area (Å²) in [5, 5.41) is 1.17. The van der Waals surface area contributed by atoms with Crippen molar-refractivity contribution < 1.29 is 9.53 Å². The molecule has 100 valence electrons. The van der Waals surface area contributed by atoms with Gasteiger partial charge in [-0.25, -0.2) is 4.79 Å². The molecule has 0 saturated heterocycles. The van der Waals surface area contributed by atoms with Crippen LogP contribution in [0.15, 0.2) is 48.5 Å². The van der Waals surface area contributed by atoms with E-state index in [1.54, 1.807) is 23.5 Å². The van der Waals surface area contributed by atoms with Crippen LogP contribution in [-0.2, 0) is 4.74 Å². The van der Waals surface area contributed by atoms with E-state index in [2.05, 4.69) is 18.2 Å². The van der Waals surface area contributed by atoms with Crippen molar-refractivity contribution in [2.45, 2.75) is 0 Å². The molecule has 0 bridgehead atoms. The van der Waals surface area contributed by atoms with Crippen LogP contribution in [0.3, 0.4) is 0 Å². The Morgan fingerprint density at radius 1 is 1.15 bits per heavy atom. The zero-order chi connectivity index (χ0) is 14.1. The quantitative estimate of drug-likeness (QED) is 0.572. The lowest BCUT2D eigenvalue weighted by atomic mass is 10.0. The van der Waals surface area contributed by atoms with Crippen LogP contribution in [0.2, 0.25) is 0 Å². The van der Waals surface area contributed by atoms with Crippen LogP contribution in [-0.4, -0.2) is 13.1 Å². The van der Waals surface area contributed by atoms with Gasteiger partial charge in [-0.05, 0) is 29.7 Å². The van der Waals surface area contributed by atoms with Gasteiger partial charge in [-0.15, -0.1) is 11.3 Å². The predicted octanol–water partition coefficient (Wildman–Crippen LogP) is 3.94. The lowest BCUT2D eigenvalue weighted by Crippen LogP contribution is -2.04. The zero-order valence-electron chi connectivity index (χ0n) is 10.9. The fourth-order valence-corrected chi connectivity index (χ4v) is 3.27. The Balaban J connectivity index is 2.20. The standard InChI is InChI=1S/C16H13NO2S/c1-19-16(18)13-9-11(17)6-7-12(13)15-8-10-4-2-3-5-14(10)20-15/h2-9H,17H2,1H3. The van der Waals surface area contributed by atoms with Crippen LogP contribution in [0.25, 0.3) is 20.5 Å². The van der Waals surface area contributed by atoms with Crippen LogP contribution in [0.1, 0.15) is 10.4 Å². The van der Waals surface area contributed by atoms with Crippen LogP contribution in [0.5, 0.6) is 0 Å². The van der Waals surface area contributed by atoms with Crippen molar-refractivity contribution in [2.75, 3.05) is 12.8 Å². The SMILES string of the molecule is COC(=O)c1cc(N)ccc1-c1cc2ccccc2s1. The van der Waals surface area contributed by atoms with Gasteiger partial charge in [0.15, 0.2) is 0 Å². The summed E-state index contributed by atoms with van der Waals surface area (Å²) in [6.45, 7) is 0. The van der Waals surface area contributed by atoms with E-state index in [1.165, 1.54) is 17.2 Å². The summed E-state index contributed by atoms with van der Waals surface area (Å²) < 4.78 is 6.03. The van der Waals surface area contributed by atoms with E-state index < -0.39 is 0 Å². The molecule has 0 aliphatic heterocycles. The minimum absolute atomic E-state index is 0.371. The molecule has 1 aromatic heterocycles. The highest BCUT2D eigenvalue weighted by Gasteiger charge is 2.15. The Kier molecular flexibility index (Phi) is 3.16. The lowest BCUT2D eigenvalue weighted by molar-refractivity contribution is 0.0601. The van der Waals surface area contributed by atoms with Crippen molar-refractivity contribution >= 4 is 33.1 Å². The molecule has 2 N–H and O–H groups in total. The molecule has 20 heavy (non-hydrogen) atoms. The fraction of sp³-hybridized carbons (Fsp3) is 0.0625. The molecule has 0 spiro atoms. The lowest BCUT2D eigenvalue weighted by Gasteiger charge is -2.07. The average molecular weight is 283 g/mol. The van der Waals surface area contributed by atoms with Crippen LogP contribution < -0.4 is 5.73 Å². The van der Waals surface area contributed by atoms with Crippen molar-refractivity contribution in [3.05, 3.63) is 54.1 Å². The molecule has 0 amide bonds. The number of rotatable bonds is 2. The third-order valence-electron chi connectivity index (χ3n) is 3.14. The molecule has 0 fully saturated rings. The number of thiophene rings is 1. The average Bonchev–Trinajstić information content (AvgIpc) is 2.90. The van der Waals surface area contributed by atoms with Crippen LogP contribution in [0, 0.1) is 0 Å². The van der Waals surface area contributed by atoms with Gasteiger partial charge in [-0.3, -0.25) is 0 Å². The molecule has 0 aliphatic carbocycles. The smallest absolute Gasteiger partial charge is 0.338 e. The summed E-state index contributed by atoms with van der Waals surface area (Å²) in [4.78, 5) is 12.9. The Hall–Kier alpha value is -2.33. The third kappa shape index (κ3) is 2.14. The number of carbonyl (C=O) groups excluding carboxylic acids is 1. The van der Waals surface area contributed by atoms with E-state index in [9.17, 15) is 4.79 Å². The summed E-state index contributed by atoms with van der Waals surface area (Å²) in [5.74, 6) is -0.371. The van der Waals surface area contributed by atoms with Crippen LogP contribution >= 0.6 is 11.3 Å². The predicted molar refractivity (Wildman–Crippen MR) is 83.0 cm³/mol. The highest BCUT2D eigenvalue weighted by atomic mass is 32.1. The molecule has 0 radical (unpaired) electrons. The normalized spacial score (nSPS) is 10.7. The monoisotopic (exact) mass is 283 g/mol. The third-order valence-corrected chi connectivity index (χ3v) is 4.29. The van der Waals surface area contributed by atoms with Crippen molar-refractivity contribution in [2.24, 2.45) is 0 Å². The molecule has 3 nitrogen and oxygen atoms in total. The van der Waals surface area contributed by atoms with E-state index >= 15 is 0 Å². The molecule has 3 rings (SSSR count). The number of fused-ring (bicyclic) bond motifs is 1. The van der Waals surface area contributed by atoms with E-state index in [0.717, 1.165) is 10.4 Å².